The smallest absolute Gasteiger partial charge is 0.317 e. The highest BCUT2D eigenvalue weighted by molar-refractivity contribution is 6.32. The van der Waals surface area contributed by atoms with Crippen LogP contribution in [0.25, 0.3) is 0 Å². The standard InChI is InChI=1S/C21H25ClN4O2/c1-15-8-9-18(19(22)23-15)20(27)26-13-11-17(14-26)24-21(28)25(2)12-10-16-6-4-3-5-7-16/h3-9,17H,10-14H2,1-2H3,(H,24,28)/t17-/m1/s1. The summed E-state index contributed by atoms with van der Waals surface area (Å²) in [6, 6.07) is 13.4. The minimum Gasteiger partial charge on any atom is -0.336 e. The van der Waals surface area contributed by atoms with Crippen molar-refractivity contribution in [2.24, 2.45) is 0 Å². The van der Waals surface area contributed by atoms with Crippen molar-refractivity contribution in [1.82, 2.24) is 20.1 Å². The number of hydrogen-bond donors (Lipinski definition) is 1. The van der Waals surface area contributed by atoms with Gasteiger partial charge in [-0.15, -0.1) is 0 Å². The molecule has 1 fully saturated rings. The molecule has 0 saturated carbocycles. The van der Waals surface area contributed by atoms with Gasteiger partial charge in [0.25, 0.3) is 5.91 Å². The fraction of sp³-hybridized carbons (Fsp3) is 0.381. The van der Waals surface area contributed by atoms with Crippen molar-refractivity contribution in [3.05, 3.63) is 64.4 Å². The Bertz CT molecular complexity index is 844. The van der Waals surface area contributed by atoms with Crippen LogP contribution in [0.15, 0.2) is 42.5 Å². The monoisotopic (exact) mass is 400 g/mol. The second kappa shape index (κ2) is 9.06. The quantitative estimate of drug-likeness (QED) is 0.784. The third-order valence-electron chi connectivity index (χ3n) is 4.95. The molecule has 0 bridgehead atoms. The van der Waals surface area contributed by atoms with Crippen molar-refractivity contribution < 1.29 is 9.59 Å². The average Bonchev–Trinajstić information content (AvgIpc) is 3.15. The zero-order valence-electron chi connectivity index (χ0n) is 16.2. The molecule has 3 rings (SSSR count). The molecular weight excluding hydrogens is 376 g/mol. The molecule has 0 aliphatic carbocycles. The average molecular weight is 401 g/mol. The maximum atomic E-state index is 12.7. The van der Waals surface area contributed by atoms with Crippen molar-refractivity contribution in [1.29, 1.82) is 0 Å². The van der Waals surface area contributed by atoms with E-state index in [1.165, 1.54) is 5.56 Å². The van der Waals surface area contributed by atoms with Gasteiger partial charge in [0, 0.05) is 38.4 Å². The number of aryl methyl sites for hydroxylation is 1. The van der Waals surface area contributed by atoms with E-state index in [9.17, 15) is 9.59 Å². The maximum Gasteiger partial charge on any atom is 0.317 e. The molecule has 2 aromatic rings. The van der Waals surface area contributed by atoms with Crippen LogP contribution in [0.2, 0.25) is 5.15 Å². The largest absolute Gasteiger partial charge is 0.336 e. The lowest BCUT2D eigenvalue weighted by Crippen LogP contribution is -2.45. The summed E-state index contributed by atoms with van der Waals surface area (Å²) >= 11 is 6.12. The van der Waals surface area contributed by atoms with Crippen LogP contribution >= 0.6 is 11.6 Å². The van der Waals surface area contributed by atoms with E-state index in [2.05, 4.69) is 22.4 Å². The third-order valence-corrected chi connectivity index (χ3v) is 5.23. The number of aromatic nitrogens is 1. The molecule has 28 heavy (non-hydrogen) atoms. The van der Waals surface area contributed by atoms with Gasteiger partial charge < -0.3 is 15.1 Å². The van der Waals surface area contributed by atoms with Gasteiger partial charge in [-0.25, -0.2) is 9.78 Å². The summed E-state index contributed by atoms with van der Waals surface area (Å²) in [4.78, 5) is 32.7. The number of carbonyl (C=O) groups excluding carboxylic acids is 2. The molecule has 7 heteroatoms. The summed E-state index contributed by atoms with van der Waals surface area (Å²) in [7, 11) is 1.79. The molecule has 1 aromatic carbocycles. The number of likely N-dealkylation sites (N-methyl/N-ethyl adjacent to an activating group) is 1. The molecule has 1 aliphatic heterocycles. The van der Waals surface area contributed by atoms with E-state index in [1.807, 2.05) is 25.1 Å². The number of likely N-dealkylation sites (tertiary alicyclic amines) is 1. The van der Waals surface area contributed by atoms with Gasteiger partial charge in [-0.1, -0.05) is 41.9 Å². The zero-order chi connectivity index (χ0) is 20.1. The van der Waals surface area contributed by atoms with Crippen LogP contribution in [0.4, 0.5) is 4.79 Å². The Labute approximate surface area is 170 Å². The highest BCUT2D eigenvalue weighted by atomic mass is 35.5. The van der Waals surface area contributed by atoms with E-state index >= 15 is 0 Å². The summed E-state index contributed by atoms with van der Waals surface area (Å²) < 4.78 is 0. The predicted octanol–water partition coefficient (Wildman–Crippen LogP) is 3.14. The summed E-state index contributed by atoms with van der Waals surface area (Å²) in [5, 5.41) is 3.24. The van der Waals surface area contributed by atoms with Crippen LogP contribution < -0.4 is 5.32 Å². The maximum absolute atomic E-state index is 12.7. The molecule has 1 saturated heterocycles. The molecule has 0 radical (unpaired) electrons. The lowest BCUT2D eigenvalue weighted by Gasteiger charge is -2.22. The highest BCUT2D eigenvalue weighted by Gasteiger charge is 2.29. The lowest BCUT2D eigenvalue weighted by molar-refractivity contribution is 0.0788. The van der Waals surface area contributed by atoms with Crippen LogP contribution in [0.5, 0.6) is 0 Å². The van der Waals surface area contributed by atoms with Gasteiger partial charge >= 0.3 is 6.03 Å². The molecule has 2 heterocycles. The van der Waals surface area contributed by atoms with Crippen molar-refractivity contribution in [3.63, 3.8) is 0 Å². The Morgan fingerprint density at radius 1 is 1.25 bits per heavy atom. The Hall–Kier alpha value is -2.60. The molecule has 0 unspecified atom stereocenters. The minimum absolute atomic E-state index is 0.0622. The van der Waals surface area contributed by atoms with Crippen molar-refractivity contribution in [2.75, 3.05) is 26.7 Å². The van der Waals surface area contributed by atoms with Crippen LogP contribution in [0.1, 0.15) is 28.0 Å². The van der Waals surface area contributed by atoms with Gasteiger partial charge in [0.15, 0.2) is 0 Å². The lowest BCUT2D eigenvalue weighted by atomic mass is 10.1. The minimum atomic E-state index is -0.147. The van der Waals surface area contributed by atoms with Gasteiger partial charge in [-0.05, 0) is 37.5 Å². The number of urea groups is 1. The number of hydrogen-bond acceptors (Lipinski definition) is 3. The van der Waals surface area contributed by atoms with Crippen LogP contribution in [0.3, 0.4) is 0 Å². The van der Waals surface area contributed by atoms with E-state index in [-0.39, 0.29) is 23.1 Å². The fourth-order valence-electron chi connectivity index (χ4n) is 3.25. The van der Waals surface area contributed by atoms with E-state index in [1.54, 1.807) is 29.0 Å². The van der Waals surface area contributed by atoms with Gasteiger partial charge in [-0.2, -0.15) is 0 Å². The number of rotatable bonds is 5. The van der Waals surface area contributed by atoms with Gasteiger partial charge in [-0.3, -0.25) is 4.79 Å². The number of halogens is 1. The SMILES string of the molecule is Cc1ccc(C(=O)N2CC[C@@H](NC(=O)N(C)CCc3ccccc3)C2)c(Cl)n1. The van der Waals surface area contributed by atoms with Crippen LogP contribution in [-0.4, -0.2) is 59.4 Å². The zero-order valence-corrected chi connectivity index (χ0v) is 16.9. The number of nitrogens with zero attached hydrogens (tertiary/aromatic N) is 3. The van der Waals surface area contributed by atoms with Crippen molar-refractivity contribution >= 4 is 23.5 Å². The molecule has 3 amide bonds. The molecule has 1 atom stereocenters. The van der Waals surface area contributed by atoms with E-state index in [4.69, 9.17) is 11.6 Å². The summed E-state index contributed by atoms with van der Waals surface area (Å²) in [6.07, 6.45) is 1.53. The number of amides is 3. The van der Waals surface area contributed by atoms with Crippen molar-refractivity contribution in [3.8, 4) is 0 Å². The molecule has 1 aliphatic rings. The predicted molar refractivity (Wildman–Crippen MR) is 110 cm³/mol. The fourth-order valence-corrected chi connectivity index (χ4v) is 3.52. The van der Waals surface area contributed by atoms with Gasteiger partial charge in [0.2, 0.25) is 0 Å². The molecule has 1 aromatic heterocycles. The highest BCUT2D eigenvalue weighted by Crippen LogP contribution is 2.19. The number of nitrogens with one attached hydrogen (secondary N) is 1. The normalized spacial score (nSPS) is 16.1. The first-order chi connectivity index (χ1) is 13.4. The van der Waals surface area contributed by atoms with Crippen LogP contribution in [0, 0.1) is 6.92 Å². The summed E-state index contributed by atoms with van der Waals surface area (Å²) in [5.41, 5.74) is 2.37. The first kappa shape index (κ1) is 20.1. The van der Waals surface area contributed by atoms with E-state index < -0.39 is 0 Å². The molecular formula is C21H25ClN4O2. The summed E-state index contributed by atoms with van der Waals surface area (Å²) in [6.45, 7) is 3.52. The molecule has 0 spiro atoms. The Kier molecular flexibility index (Phi) is 6.52. The second-order valence-electron chi connectivity index (χ2n) is 7.13. The van der Waals surface area contributed by atoms with E-state index in [0.29, 0.717) is 25.2 Å². The van der Waals surface area contributed by atoms with Crippen molar-refractivity contribution in [2.45, 2.75) is 25.8 Å². The number of carbonyl (C=O) groups is 2. The topological polar surface area (TPSA) is 65.5 Å². The molecule has 148 valence electrons. The first-order valence-corrected chi connectivity index (χ1v) is 9.80. The summed E-state index contributed by atoms with van der Waals surface area (Å²) in [5.74, 6) is -0.147. The third kappa shape index (κ3) is 5.01. The Morgan fingerprint density at radius 3 is 2.71 bits per heavy atom. The first-order valence-electron chi connectivity index (χ1n) is 9.42. The van der Waals surface area contributed by atoms with Gasteiger partial charge in [0.05, 0.1) is 5.56 Å². The number of benzene rings is 1. The second-order valence-corrected chi connectivity index (χ2v) is 7.49. The number of pyridine rings is 1. The van der Waals surface area contributed by atoms with Gasteiger partial charge in [0.1, 0.15) is 5.15 Å². The molecule has 6 nitrogen and oxygen atoms in total. The van der Waals surface area contributed by atoms with Crippen LogP contribution in [-0.2, 0) is 6.42 Å². The Balaban J connectivity index is 1.49. The molecule has 1 N–H and O–H groups in total. The Morgan fingerprint density at radius 2 is 2.00 bits per heavy atom. The van der Waals surface area contributed by atoms with E-state index in [0.717, 1.165) is 18.5 Å².